The van der Waals surface area contributed by atoms with Crippen LogP contribution in [0.3, 0.4) is 0 Å². The van der Waals surface area contributed by atoms with Crippen LogP contribution in [0.25, 0.3) is 0 Å². The molecular weight excluding hydrogens is 346 g/mol. The van der Waals surface area contributed by atoms with Crippen LogP contribution in [-0.4, -0.2) is 24.0 Å². The van der Waals surface area contributed by atoms with Gasteiger partial charge in [-0.3, -0.25) is 4.79 Å². The molecule has 2 aliphatic heterocycles. The second-order valence-electron chi connectivity index (χ2n) is 7.47. The fourth-order valence-electron chi connectivity index (χ4n) is 4.36. The van der Waals surface area contributed by atoms with E-state index in [0.29, 0.717) is 5.69 Å². The third-order valence-corrected chi connectivity index (χ3v) is 5.74. The molecule has 0 N–H and O–H groups in total. The summed E-state index contributed by atoms with van der Waals surface area (Å²) in [6.07, 6.45) is 6.10. The minimum Gasteiger partial charge on any atom is -0.340 e. The van der Waals surface area contributed by atoms with Crippen molar-refractivity contribution in [3.8, 4) is 0 Å². The van der Waals surface area contributed by atoms with Crippen molar-refractivity contribution >= 4 is 23.0 Å². The molecule has 3 aromatic rings. The molecule has 1 aromatic heterocycles. The smallest absolute Gasteiger partial charge is 0.276 e. The zero-order valence-electron chi connectivity index (χ0n) is 15.8. The lowest BCUT2D eigenvalue weighted by atomic mass is 10.0. The summed E-state index contributed by atoms with van der Waals surface area (Å²) in [5, 5.41) is 0. The topological polar surface area (TPSA) is 36.4 Å². The van der Waals surface area contributed by atoms with E-state index in [1.807, 2.05) is 41.4 Å². The Morgan fingerprint density at radius 3 is 2.21 bits per heavy atom. The molecule has 1 amide bonds. The molecule has 3 heterocycles. The van der Waals surface area contributed by atoms with Crippen LogP contribution >= 0.6 is 0 Å². The number of amides is 1. The zero-order chi connectivity index (χ0) is 18.9. The van der Waals surface area contributed by atoms with E-state index in [0.717, 1.165) is 50.1 Å². The summed E-state index contributed by atoms with van der Waals surface area (Å²) in [5.74, 6) is -0.0160. The average Bonchev–Trinajstić information content (AvgIpc) is 2.78. The first-order valence-electron chi connectivity index (χ1n) is 10.0. The number of aryl methyl sites for hydroxylation is 2. The molecule has 5 rings (SSSR count). The molecule has 0 radical (unpaired) electrons. The first kappa shape index (κ1) is 17.0. The predicted octanol–water partition coefficient (Wildman–Crippen LogP) is 4.76. The molecule has 0 saturated heterocycles. The fraction of sp³-hybridized carbons (Fsp3) is 0.250. The molecule has 0 fully saturated rings. The van der Waals surface area contributed by atoms with E-state index in [9.17, 15) is 4.79 Å². The highest BCUT2D eigenvalue weighted by Gasteiger charge is 2.24. The Kier molecular flexibility index (Phi) is 4.32. The minimum atomic E-state index is -0.0160. The van der Waals surface area contributed by atoms with Gasteiger partial charge in [0.25, 0.3) is 5.91 Å². The van der Waals surface area contributed by atoms with Gasteiger partial charge in [0.2, 0.25) is 0 Å². The van der Waals surface area contributed by atoms with Crippen molar-refractivity contribution in [3.05, 3.63) is 83.7 Å². The SMILES string of the molecule is O=C(c1ccc(N2CCCc3ccccc32)cn1)N1CCCc2ccccc21. The number of nitrogens with zero attached hydrogens (tertiary/aromatic N) is 3. The monoisotopic (exact) mass is 369 g/mol. The Labute approximate surface area is 165 Å². The highest BCUT2D eigenvalue weighted by Crippen LogP contribution is 2.33. The van der Waals surface area contributed by atoms with Gasteiger partial charge in [-0.15, -0.1) is 0 Å². The molecule has 0 saturated carbocycles. The first-order chi connectivity index (χ1) is 13.8. The normalized spacial score (nSPS) is 15.7. The number of para-hydroxylation sites is 2. The number of carbonyl (C=O) groups excluding carboxylic acids is 1. The Morgan fingerprint density at radius 1 is 0.786 bits per heavy atom. The van der Waals surface area contributed by atoms with Gasteiger partial charge in [-0.25, -0.2) is 4.98 Å². The van der Waals surface area contributed by atoms with Gasteiger partial charge in [-0.05, 0) is 61.1 Å². The summed E-state index contributed by atoms with van der Waals surface area (Å²) in [6, 6.07) is 20.6. The largest absolute Gasteiger partial charge is 0.340 e. The van der Waals surface area contributed by atoms with Crippen molar-refractivity contribution in [2.45, 2.75) is 25.7 Å². The third kappa shape index (κ3) is 2.95. The van der Waals surface area contributed by atoms with Gasteiger partial charge in [0.15, 0.2) is 0 Å². The maximum atomic E-state index is 13.1. The predicted molar refractivity (Wildman–Crippen MR) is 112 cm³/mol. The molecule has 0 aliphatic carbocycles. The lowest BCUT2D eigenvalue weighted by Gasteiger charge is -2.31. The molecule has 0 unspecified atom stereocenters. The number of fused-ring (bicyclic) bond motifs is 2. The van der Waals surface area contributed by atoms with E-state index < -0.39 is 0 Å². The summed E-state index contributed by atoms with van der Waals surface area (Å²) < 4.78 is 0. The number of hydrogen-bond acceptors (Lipinski definition) is 3. The van der Waals surface area contributed by atoms with Crippen LogP contribution < -0.4 is 9.80 Å². The van der Waals surface area contributed by atoms with Crippen molar-refractivity contribution in [1.82, 2.24) is 4.98 Å². The summed E-state index contributed by atoms with van der Waals surface area (Å²) in [4.78, 5) is 21.8. The molecular formula is C24H23N3O. The molecule has 2 aromatic carbocycles. The Bertz CT molecular complexity index is 1010. The lowest BCUT2D eigenvalue weighted by Crippen LogP contribution is -2.36. The number of benzene rings is 2. The second kappa shape index (κ2) is 7.12. The number of carbonyl (C=O) groups is 1. The third-order valence-electron chi connectivity index (χ3n) is 5.74. The average molecular weight is 369 g/mol. The molecule has 0 bridgehead atoms. The van der Waals surface area contributed by atoms with Gasteiger partial charge in [-0.1, -0.05) is 36.4 Å². The molecule has 0 spiro atoms. The van der Waals surface area contributed by atoms with E-state index in [1.54, 1.807) is 0 Å². The standard InChI is InChI=1S/C24H23N3O/c28-24(27-16-6-10-19-8-2-4-12-23(19)27)21-14-13-20(17-25-21)26-15-5-9-18-7-1-3-11-22(18)26/h1-4,7-8,11-14,17H,5-6,9-10,15-16H2. The van der Waals surface area contributed by atoms with E-state index >= 15 is 0 Å². The van der Waals surface area contributed by atoms with Crippen molar-refractivity contribution in [2.75, 3.05) is 22.9 Å². The molecule has 140 valence electrons. The summed E-state index contributed by atoms with van der Waals surface area (Å²) in [6.45, 7) is 1.73. The van der Waals surface area contributed by atoms with Crippen LogP contribution in [-0.2, 0) is 12.8 Å². The van der Waals surface area contributed by atoms with Gasteiger partial charge in [0.1, 0.15) is 5.69 Å². The Balaban J connectivity index is 1.42. The molecule has 4 nitrogen and oxygen atoms in total. The highest BCUT2D eigenvalue weighted by molar-refractivity contribution is 6.05. The van der Waals surface area contributed by atoms with Crippen molar-refractivity contribution in [1.29, 1.82) is 0 Å². The van der Waals surface area contributed by atoms with E-state index in [-0.39, 0.29) is 5.91 Å². The van der Waals surface area contributed by atoms with Crippen molar-refractivity contribution < 1.29 is 4.79 Å². The zero-order valence-corrected chi connectivity index (χ0v) is 15.8. The van der Waals surface area contributed by atoms with Crippen molar-refractivity contribution in [2.24, 2.45) is 0 Å². The molecule has 28 heavy (non-hydrogen) atoms. The van der Waals surface area contributed by atoms with Gasteiger partial charge < -0.3 is 9.80 Å². The highest BCUT2D eigenvalue weighted by atomic mass is 16.2. The van der Waals surface area contributed by atoms with E-state index in [2.05, 4.69) is 40.2 Å². The van der Waals surface area contributed by atoms with Crippen LogP contribution in [0.5, 0.6) is 0 Å². The lowest BCUT2D eigenvalue weighted by molar-refractivity contribution is 0.0980. The van der Waals surface area contributed by atoms with Crippen LogP contribution in [0, 0.1) is 0 Å². The van der Waals surface area contributed by atoms with Gasteiger partial charge in [-0.2, -0.15) is 0 Å². The van der Waals surface area contributed by atoms with E-state index in [1.165, 1.54) is 16.8 Å². The summed E-state index contributed by atoms with van der Waals surface area (Å²) in [7, 11) is 0. The Hall–Kier alpha value is -3.14. The van der Waals surface area contributed by atoms with Crippen LogP contribution in [0.15, 0.2) is 66.9 Å². The maximum Gasteiger partial charge on any atom is 0.276 e. The number of pyridine rings is 1. The van der Waals surface area contributed by atoms with Crippen LogP contribution in [0.4, 0.5) is 17.1 Å². The fourth-order valence-corrected chi connectivity index (χ4v) is 4.36. The number of anilines is 3. The van der Waals surface area contributed by atoms with E-state index in [4.69, 9.17) is 0 Å². The summed E-state index contributed by atoms with van der Waals surface area (Å²) in [5.41, 5.74) is 6.44. The summed E-state index contributed by atoms with van der Waals surface area (Å²) >= 11 is 0. The van der Waals surface area contributed by atoms with Gasteiger partial charge in [0, 0.05) is 24.5 Å². The van der Waals surface area contributed by atoms with Gasteiger partial charge in [0.05, 0.1) is 11.9 Å². The van der Waals surface area contributed by atoms with Gasteiger partial charge >= 0.3 is 0 Å². The minimum absolute atomic E-state index is 0.0160. The molecule has 4 heteroatoms. The number of aromatic nitrogens is 1. The Morgan fingerprint density at radius 2 is 1.46 bits per heavy atom. The first-order valence-corrected chi connectivity index (χ1v) is 10.0. The number of rotatable bonds is 2. The van der Waals surface area contributed by atoms with Crippen LogP contribution in [0.1, 0.15) is 34.5 Å². The molecule has 2 aliphatic rings. The van der Waals surface area contributed by atoms with Crippen molar-refractivity contribution in [3.63, 3.8) is 0 Å². The maximum absolute atomic E-state index is 13.1. The molecule has 0 atom stereocenters. The van der Waals surface area contributed by atoms with Crippen LogP contribution in [0.2, 0.25) is 0 Å². The quantitative estimate of drug-likeness (QED) is 0.653. The number of hydrogen-bond donors (Lipinski definition) is 0. The second-order valence-corrected chi connectivity index (χ2v) is 7.47.